The first-order chi connectivity index (χ1) is 6.42. The second-order valence-electron chi connectivity index (χ2n) is 2.21. The molecule has 0 amide bonds. The highest BCUT2D eigenvalue weighted by Gasteiger charge is 2.33. The SMILES string of the molecule is COc1cnc(OC(F)(F)F)c(F)c1. The summed E-state index contributed by atoms with van der Waals surface area (Å²) < 4.78 is 55.6. The van der Waals surface area contributed by atoms with Crippen LogP contribution in [0.3, 0.4) is 0 Å². The molecule has 0 aliphatic rings. The second-order valence-corrected chi connectivity index (χ2v) is 2.21. The number of alkyl halides is 3. The number of nitrogens with zero attached hydrogens (tertiary/aromatic N) is 1. The summed E-state index contributed by atoms with van der Waals surface area (Å²) in [6.07, 6.45) is -4.04. The number of ether oxygens (including phenoxy) is 2. The summed E-state index contributed by atoms with van der Waals surface area (Å²) in [5.74, 6) is -2.35. The Morgan fingerprint density at radius 2 is 2.00 bits per heavy atom. The van der Waals surface area contributed by atoms with Crippen LogP contribution in [0, 0.1) is 5.82 Å². The summed E-state index contributed by atoms with van der Waals surface area (Å²) in [6, 6.07) is 0.744. The van der Waals surface area contributed by atoms with E-state index in [-0.39, 0.29) is 5.75 Å². The Hall–Kier alpha value is -1.53. The molecular formula is C7H5F4NO2. The number of aromatic nitrogens is 1. The third-order valence-corrected chi connectivity index (χ3v) is 1.23. The summed E-state index contributed by atoms with van der Waals surface area (Å²) in [5, 5.41) is 0. The van der Waals surface area contributed by atoms with Crippen LogP contribution in [0.2, 0.25) is 0 Å². The summed E-state index contributed by atoms with van der Waals surface area (Å²) in [4.78, 5) is 3.09. The van der Waals surface area contributed by atoms with Gasteiger partial charge in [0, 0.05) is 6.07 Å². The zero-order chi connectivity index (χ0) is 10.8. The van der Waals surface area contributed by atoms with Crippen molar-refractivity contribution in [3.05, 3.63) is 18.1 Å². The number of halogens is 4. The molecule has 0 aromatic carbocycles. The van der Waals surface area contributed by atoms with Crippen LogP contribution in [0.25, 0.3) is 0 Å². The predicted octanol–water partition coefficient (Wildman–Crippen LogP) is 2.13. The van der Waals surface area contributed by atoms with Gasteiger partial charge in [0.05, 0.1) is 13.3 Å². The Morgan fingerprint density at radius 1 is 1.36 bits per heavy atom. The summed E-state index contributed by atoms with van der Waals surface area (Å²) in [7, 11) is 1.24. The fourth-order valence-corrected chi connectivity index (χ4v) is 0.704. The predicted molar refractivity (Wildman–Crippen MR) is 37.4 cm³/mol. The lowest BCUT2D eigenvalue weighted by Crippen LogP contribution is -2.18. The highest BCUT2D eigenvalue weighted by atomic mass is 19.4. The van der Waals surface area contributed by atoms with Crippen molar-refractivity contribution >= 4 is 0 Å². The van der Waals surface area contributed by atoms with Gasteiger partial charge in [-0.05, 0) is 0 Å². The first-order valence-corrected chi connectivity index (χ1v) is 3.37. The van der Waals surface area contributed by atoms with E-state index in [1.165, 1.54) is 7.11 Å². The van der Waals surface area contributed by atoms with Gasteiger partial charge in [-0.15, -0.1) is 13.2 Å². The maximum atomic E-state index is 12.8. The molecule has 1 aromatic rings. The van der Waals surface area contributed by atoms with E-state index in [0.29, 0.717) is 0 Å². The van der Waals surface area contributed by atoms with Gasteiger partial charge in [-0.2, -0.15) is 0 Å². The van der Waals surface area contributed by atoms with Crippen LogP contribution >= 0.6 is 0 Å². The molecule has 78 valence electrons. The van der Waals surface area contributed by atoms with E-state index < -0.39 is 18.1 Å². The van der Waals surface area contributed by atoms with Crippen LogP contribution in [-0.2, 0) is 0 Å². The zero-order valence-corrected chi connectivity index (χ0v) is 6.93. The minimum Gasteiger partial charge on any atom is -0.495 e. The number of rotatable bonds is 2. The van der Waals surface area contributed by atoms with Gasteiger partial charge >= 0.3 is 6.36 Å². The van der Waals surface area contributed by atoms with Crippen molar-refractivity contribution in [1.29, 1.82) is 0 Å². The molecule has 0 fully saturated rings. The Labute approximate surface area is 76.3 Å². The van der Waals surface area contributed by atoms with Crippen molar-refractivity contribution < 1.29 is 27.0 Å². The Bertz CT molecular complexity index is 326. The first-order valence-electron chi connectivity index (χ1n) is 3.37. The molecule has 0 atom stereocenters. The molecule has 0 unspecified atom stereocenters. The van der Waals surface area contributed by atoms with Crippen molar-refractivity contribution in [3.63, 3.8) is 0 Å². The van der Waals surface area contributed by atoms with Gasteiger partial charge in [-0.25, -0.2) is 9.37 Å². The van der Waals surface area contributed by atoms with Gasteiger partial charge in [0.2, 0.25) is 0 Å². The van der Waals surface area contributed by atoms with Crippen molar-refractivity contribution in [3.8, 4) is 11.6 Å². The molecule has 0 spiro atoms. The smallest absolute Gasteiger partial charge is 0.495 e. The lowest BCUT2D eigenvalue weighted by atomic mass is 10.4. The van der Waals surface area contributed by atoms with Gasteiger partial charge in [0.1, 0.15) is 5.75 Å². The average Bonchev–Trinajstić information content (AvgIpc) is 2.06. The third-order valence-electron chi connectivity index (χ3n) is 1.23. The summed E-state index contributed by atoms with van der Waals surface area (Å²) in [5.41, 5.74) is 0. The van der Waals surface area contributed by atoms with Crippen LogP contribution in [0.4, 0.5) is 17.6 Å². The van der Waals surface area contributed by atoms with Crippen LogP contribution in [0.1, 0.15) is 0 Å². The largest absolute Gasteiger partial charge is 0.574 e. The lowest BCUT2D eigenvalue weighted by Gasteiger charge is -2.08. The first kappa shape index (κ1) is 10.6. The van der Waals surface area contributed by atoms with E-state index in [0.717, 1.165) is 12.3 Å². The highest BCUT2D eigenvalue weighted by molar-refractivity contribution is 5.24. The molecule has 1 heterocycles. The molecule has 0 aliphatic heterocycles. The average molecular weight is 211 g/mol. The quantitative estimate of drug-likeness (QED) is 0.702. The fraction of sp³-hybridized carbons (Fsp3) is 0.286. The lowest BCUT2D eigenvalue weighted by molar-refractivity contribution is -0.277. The van der Waals surface area contributed by atoms with Crippen LogP contribution in [0.5, 0.6) is 11.6 Å². The number of methoxy groups -OCH3 is 1. The molecule has 7 heteroatoms. The van der Waals surface area contributed by atoms with E-state index >= 15 is 0 Å². The Morgan fingerprint density at radius 3 is 2.43 bits per heavy atom. The van der Waals surface area contributed by atoms with E-state index in [9.17, 15) is 17.6 Å². The molecule has 0 bridgehead atoms. The zero-order valence-electron chi connectivity index (χ0n) is 6.93. The second kappa shape index (κ2) is 3.69. The van der Waals surface area contributed by atoms with Gasteiger partial charge in [-0.3, -0.25) is 0 Å². The van der Waals surface area contributed by atoms with E-state index in [2.05, 4.69) is 14.5 Å². The molecule has 3 nitrogen and oxygen atoms in total. The van der Waals surface area contributed by atoms with E-state index in [1.807, 2.05) is 0 Å². The molecule has 0 saturated heterocycles. The molecule has 0 aliphatic carbocycles. The van der Waals surface area contributed by atoms with Crippen molar-refractivity contribution in [1.82, 2.24) is 4.98 Å². The molecule has 0 saturated carbocycles. The maximum Gasteiger partial charge on any atom is 0.574 e. The van der Waals surface area contributed by atoms with Gasteiger partial charge < -0.3 is 9.47 Å². The maximum absolute atomic E-state index is 12.8. The Balaban J connectivity index is 2.89. The number of hydrogen-bond acceptors (Lipinski definition) is 3. The van der Waals surface area contributed by atoms with Crippen LogP contribution in [-0.4, -0.2) is 18.5 Å². The molecular weight excluding hydrogens is 206 g/mol. The van der Waals surface area contributed by atoms with Crippen molar-refractivity contribution in [2.24, 2.45) is 0 Å². The fourth-order valence-electron chi connectivity index (χ4n) is 0.704. The molecule has 1 aromatic heterocycles. The monoisotopic (exact) mass is 211 g/mol. The number of pyridine rings is 1. The minimum atomic E-state index is -4.96. The standard InChI is InChI=1S/C7H5F4NO2/c1-13-4-2-5(8)6(12-3-4)14-7(9,10)11/h2-3H,1H3. The van der Waals surface area contributed by atoms with Crippen molar-refractivity contribution in [2.45, 2.75) is 6.36 Å². The third kappa shape index (κ3) is 2.75. The van der Waals surface area contributed by atoms with Gasteiger partial charge in [0.25, 0.3) is 5.88 Å². The van der Waals surface area contributed by atoms with E-state index in [1.54, 1.807) is 0 Å². The molecule has 0 N–H and O–H groups in total. The van der Waals surface area contributed by atoms with Crippen molar-refractivity contribution in [2.75, 3.05) is 7.11 Å². The molecule has 0 radical (unpaired) electrons. The van der Waals surface area contributed by atoms with Crippen LogP contribution in [0.15, 0.2) is 12.3 Å². The van der Waals surface area contributed by atoms with Gasteiger partial charge in [-0.1, -0.05) is 0 Å². The Kier molecular flexibility index (Phi) is 2.78. The highest BCUT2D eigenvalue weighted by Crippen LogP contribution is 2.25. The summed E-state index contributed by atoms with van der Waals surface area (Å²) >= 11 is 0. The molecule has 14 heavy (non-hydrogen) atoms. The summed E-state index contributed by atoms with van der Waals surface area (Å²) in [6.45, 7) is 0. The van der Waals surface area contributed by atoms with E-state index in [4.69, 9.17) is 0 Å². The molecule has 1 rings (SSSR count). The van der Waals surface area contributed by atoms with Crippen LogP contribution < -0.4 is 9.47 Å². The normalized spacial score (nSPS) is 11.2. The number of hydrogen-bond donors (Lipinski definition) is 0. The topological polar surface area (TPSA) is 31.4 Å². The van der Waals surface area contributed by atoms with Gasteiger partial charge in [0.15, 0.2) is 5.82 Å². The minimum absolute atomic E-state index is 0.0111.